The van der Waals surface area contributed by atoms with Gasteiger partial charge in [0.15, 0.2) is 9.84 Å². The fraction of sp³-hybridized carbons (Fsp3) is 0.462. The molecule has 1 atom stereocenters. The van der Waals surface area contributed by atoms with E-state index in [0.717, 1.165) is 0 Å². The summed E-state index contributed by atoms with van der Waals surface area (Å²) < 4.78 is 33.6. The number of primary amides is 1. The number of nitrogens with two attached hydrogens (primary N) is 1. The molecule has 110 valence electrons. The Morgan fingerprint density at radius 3 is 2.70 bits per heavy atom. The number of epoxide rings is 1. The number of hydrogen-bond donors (Lipinski definition) is 1. The molecule has 0 aliphatic carbocycles. The van der Waals surface area contributed by atoms with E-state index >= 15 is 0 Å². The summed E-state index contributed by atoms with van der Waals surface area (Å²) >= 11 is 0. The summed E-state index contributed by atoms with van der Waals surface area (Å²) in [6, 6.07) is 6.02. The van der Waals surface area contributed by atoms with Gasteiger partial charge in [-0.25, -0.2) is 8.42 Å². The first-order chi connectivity index (χ1) is 9.25. The fourth-order valence-corrected chi connectivity index (χ4v) is 2.89. The predicted molar refractivity (Wildman–Crippen MR) is 72.1 cm³/mol. The number of sulfone groups is 1. The summed E-state index contributed by atoms with van der Waals surface area (Å²) in [5.74, 6) is -0.475. The normalized spacial score (nSPS) is 18.6. The highest BCUT2D eigenvalue weighted by atomic mass is 32.2. The lowest BCUT2D eigenvalue weighted by atomic mass is 10.2. The van der Waals surface area contributed by atoms with Gasteiger partial charge in [-0.3, -0.25) is 4.79 Å². The van der Waals surface area contributed by atoms with Crippen LogP contribution in [0.1, 0.15) is 13.8 Å². The van der Waals surface area contributed by atoms with E-state index in [4.69, 9.17) is 15.2 Å². The Morgan fingerprint density at radius 1 is 1.50 bits per heavy atom. The molecule has 1 aromatic rings. The van der Waals surface area contributed by atoms with Crippen LogP contribution in [-0.2, 0) is 19.4 Å². The van der Waals surface area contributed by atoms with Gasteiger partial charge in [-0.1, -0.05) is 6.07 Å². The van der Waals surface area contributed by atoms with Gasteiger partial charge in [0.1, 0.15) is 23.2 Å². The van der Waals surface area contributed by atoms with Gasteiger partial charge in [0.25, 0.3) is 0 Å². The van der Waals surface area contributed by atoms with Crippen molar-refractivity contribution in [3.8, 4) is 5.75 Å². The molecule has 1 aromatic carbocycles. The van der Waals surface area contributed by atoms with Gasteiger partial charge in [-0.2, -0.15) is 0 Å². The number of hydrogen-bond acceptors (Lipinski definition) is 5. The van der Waals surface area contributed by atoms with E-state index in [1.54, 1.807) is 12.1 Å². The first-order valence-electron chi connectivity index (χ1n) is 6.14. The molecule has 0 saturated carbocycles. The van der Waals surface area contributed by atoms with Gasteiger partial charge in [0, 0.05) is 0 Å². The van der Waals surface area contributed by atoms with Crippen molar-refractivity contribution in [3.63, 3.8) is 0 Å². The van der Waals surface area contributed by atoms with Crippen LogP contribution in [0, 0.1) is 0 Å². The molecule has 2 rings (SSSR count). The summed E-state index contributed by atoms with van der Waals surface area (Å²) in [5.41, 5.74) is 5.17. The van der Waals surface area contributed by atoms with Crippen LogP contribution < -0.4 is 10.5 Å². The Hall–Kier alpha value is -1.60. The van der Waals surface area contributed by atoms with Crippen molar-refractivity contribution in [1.82, 2.24) is 0 Å². The summed E-state index contributed by atoms with van der Waals surface area (Å²) in [6.45, 7) is 3.61. The average Bonchev–Trinajstić information content (AvgIpc) is 3.20. The number of carbonyl (C=O) groups excluding carboxylic acids is 1. The Morgan fingerprint density at radius 2 is 2.15 bits per heavy atom. The van der Waals surface area contributed by atoms with Crippen LogP contribution in [0.25, 0.3) is 0 Å². The maximum absolute atomic E-state index is 12.4. The molecule has 7 heteroatoms. The molecule has 1 aliphatic rings. The minimum atomic E-state index is -3.87. The smallest absolute Gasteiger partial charge is 0.238 e. The molecular weight excluding hydrogens is 282 g/mol. The van der Waals surface area contributed by atoms with Crippen molar-refractivity contribution in [2.24, 2.45) is 5.73 Å². The maximum atomic E-state index is 12.4. The third kappa shape index (κ3) is 2.78. The highest BCUT2D eigenvalue weighted by Gasteiger charge is 2.41. The van der Waals surface area contributed by atoms with Gasteiger partial charge in [-0.05, 0) is 32.0 Å². The van der Waals surface area contributed by atoms with Crippen LogP contribution in [0.4, 0.5) is 0 Å². The quantitative estimate of drug-likeness (QED) is 0.771. The van der Waals surface area contributed by atoms with Crippen LogP contribution in [0.3, 0.4) is 0 Å². The van der Waals surface area contributed by atoms with Crippen LogP contribution in [0.5, 0.6) is 5.75 Å². The topological polar surface area (TPSA) is 99.0 Å². The zero-order chi connectivity index (χ0) is 15.0. The van der Waals surface area contributed by atoms with Gasteiger partial charge < -0.3 is 15.2 Å². The van der Waals surface area contributed by atoms with E-state index in [1.807, 2.05) is 0 Å². The summed E-state index contributed by atoms with van der Waals surface area (Å²) in [7, 11) is -3.87. The van der Waals surface area contributed by atoms with Gasteiger partial charge in [0.05, 0.1) is 11.5 Å². The summed E-state index contributed by atoms with van der Waals surface area (Å²) in [5, 5.41) is 0. The van der Waals surface area contributed by atoms with Crippen LogP contribution in [-0.4, -0.2) is 38.4 Å². The lowest BCUT2D eigenvalue weighted by molar-refractivity contribution is -0.119. The molecule has 0 bridgehead atoms. The Balaban J connectivity index is 2.27. The van der Waals surface area contributed by atoms with Crippen molar-refractivity contribution in [1.29, 1.82) is 0 Å². The SMILES string of the molecule is CC(C)(C(N)=O)S(=O)(=O)c1cccc(OC[C@@H]2CO2)c1. The number of carbonyl (C=O) groups is 1. The molecule has 1 amide bonds. The predicted octanol–water partition coefficient (Wildman–Crippen LogP) is 0.502. The maximum Gasteiger partial charge on any atom is 0.238 e. The third-order valence-corrected chi connectivity index (χ3v) is 5.64. The van der Waals surface area contributed by atoms with E-state index in [-0.39, 0.29) is 11.0 Å². The number of benzene rings is 1. The molecule has 0 radical (unpaired) electrons. The standard InChI is InChI=1S/C13H17NO5S/c1-13(2,12(14)15)20(16,17)11-5-3-4-9(6-11)18-7-10-8-19-10/h3-6,10H,7-8H2,1-2H3,(H2,14,15)/t10-/m1/s1. The zero-order valence-electron chi connectivity index (χ0n) is 11.3. The zero-order valence-corrected chi connectivity index (χ0v) is 12.1. The van der Waals surface area contributed by atoms with Crippen LogP contribution in [0.2, 0.25) is 0 Å². The Labute approximate surface area is 117 Å². The van der Waals surface area contributed by atoms with Gasteiger partial charge >= 0.3 is 0 Å². The summed E-state index contributed by atoms with van der Waals surface area (Å²) in [4.78, 5) is 11.4. The first-order valence-corrected chi connectivity index (χ1v) is 7.62. The minimum absolute atomic E-state index is 0.00974. The molecule has 6 nitrogen and oxygen atoms in total. The minimum Gasteiger partial charge on any atom is -0.491 e. The van der Waals surface area contributed by atoms with Crippen molar-refractivity contribution < 1.29 is 22.7 Å². The molecule has 0 unspecified atom stereocenters. The van der Waals surface area contributed by atoms with E-state index in [1.165, 1.54) is 26.0 Å². The van der Waals surface area contributed by atoms with E-state index in [9.17, 15) is 13.2 Å². The van der Waals surface area contributed by atoms with Gasteiger partial charge in [0.2, 0.25) is 5.91 Å². The highest BCUT2D eigenvalue weighted by molar-refractivity contribution is 7.93. The molecule has 0 aromatic heterocycles. The fourth-order valence-electron chi connectivity index (χ4n) is 1.51. The molecular formula is C13H17NO5S. The molecule has 2 N–H and O–H groups in total. The van der Waals surface area contributed by atoms with Crippen molar-refractivity contribution >= 4 is 15.7 Å². The second-order valence-corrected chi connectivity index (χ2v) is 7.62. The Bertz CT molecular complexity index is 619. The number of amides is 1. The molecule has 20 heavy (non-hydrogen) atoms. The van der Waals surface area contributed by atoms with E-state index in [2.05, 4.69) is 0 Å². The van der Waals surface area contributed by atoms with Gasteiger partial charge in [-0.15, -0.1) is 0 Å². The van der Waals surface area contributed by atoms with Crippen LogP contribution >= 0.6 is 0 Å². The monoisotopic (exact) mass is 299 g/mol. The Kier molecular flexibility index (Phi) is 3.75. The third-order valence-electron chi connectivity index (χ3n) is 3.22. The molecule has 1 saturated heterocycles. The van der Waals surface area contributed by atoms with Crippen molar-refractivity contribution in [2.75, 3.05) is 13.2 Å². The van der Waals surface area contributed by atoms with E-state index < -0.39 is 20.5 Å². The van der Waals surface area contributed by atoms with Crippen molar-refractivity contribution in [2.45, 2.75) is 29.6 Å². The lowest BCUT2D eigenvalue weighted by Gasteiger charge is -2.21. The lowest BCUT2D eigenvalue weighted by Crippen LogP contribution is -2.45. The molecule has 1 fully saturated rings. The van der Waals surface area contributed by atoms with Crippen LogP contribution in [0.15, 0.2) is 29.2 Å². The summed E-state index contributed by atoms with van der Waals surface area (Å²) in [6.07, 6.45) is 0.0809. The molecule has 1 heterocycles. The first kappa shape index (κ1) is 14.8. The second-order valence-electron chi connectivity index (χ2n) is 5.12. The molecule has 1 aliphatic heterocycles. The number of rotatable bonds is 6. The highest BCUT2D eigenvalue weighted by Crippen LogP contribution is 2.28. The van der Waals surface area contributed by atoms with Crippen molar-refractivity contribution in [3.05, 3.63) is 24.3 Å². The average molecular weight is 299 g/mol. The van der Waals surface area contributed by atoms with E-state index in [0.29, 0.717) is 19.0 Å². The second kappa shape index (κ2) is 5.06. The largest absolute Gasteiger partial charge is 0.491 e. The number of ether oxygens (including phenoxy) is 2. The molecule has 0 spiro atoms.